The minimum Gasteiger partial charge on any atom is -0.481 e. The average Bonchev–Trinajstić information content (AvgIpc) is 3.04. The number of aryl methyl sites for hydroxylation is 1. The summed E-state index contributed by atoms with van der Waals surface area (Å²) >= 11 is 7.35. The molecule has 2 N–H and O–H groups in total. The first-order valence-electron chi connectivity index (χ1n) is 8.49. The molecule has 10 heteroatoms. The fourth-order valence-corrected chi connectivity index (χ4v) is 4.54. The van der Waals surface area contributed by atoms with Gasteiger partial charge < -0.3 is 10.4 Å². The number of aromatic nitrogens is 2. The molecule has 0 radical (unpaired) electrons. The van der Waals surface area contributed by atoms with Crippen LogP contribution in [0.5, 0.6) is 0 Å². The number of rotatable bonds is 7. The number of thiophene rings is 1. The Balaban J connectivity index is 2.01. The van der Waals surface area contributed by atoms with Crippen molar-refractivity contribution in [1.82, 2.24) is 9.97 Å². The van der Waals surface area contributed by atoms with Gasteiger partial charge in [0.15, 0.2) is 15.7 Å². The van der Waals surface area contributed by atoms with Gasteiger partial charge in [-0.3, -0.25) is 4.79 Å². The molecular formula is C19H18ClN3O4S2. The molecule has 0 spiro atoms. The lowest BCUT2D eigenvalue weighted by Gasteiger charge is -2.14. The number of carbonyl (C=O) groups is 1. The molecule has 0 amide bonds. The van der Waals surface area contributed by atoms with Crippen LogP contribution >= 0.6 is 22.9 Å². The highest BCUT2D eigenvalue weighted by atomic mass is 35.5. The summed E-state index contributed by atoms with van der Waals surface area (Å²) in [7, 11) is -3.31. The average molecular weight is 452 g/mol. The number of nitrogens with zero attached hydrogens (tertiary/aromatic N) is 2. The third-order valence-electron chi connectivity index (χ3n) is 3.99. The van der Waals surface area contributed by atoms with Gasteiger partial charge in [-0.05, 0) is 36.8 Å². The van der Waals surface area contributed by atoms with Gasteiger partial charge in [-0.15, -0.1) is 11.3 Å². The van der Waals surface area contributed by atoms with Crippen molar-refractivity contribution in [2.24, 2.45) is 0 Å². The molecular weight excluding hydrogens is 434 g/mol. The zero-order chi connectivity index (χ0) is 21.2. The van der Waals surface area contributed by atoms with Gasteiger partial charge in [-0.2, -0.15) is 0 Å². The molecule has 7 nitrogen and oxygen atoms in total. The molecule has 0 saturated carbocycles. The summed E-state index contributed by atoms with van der Waals surface area (Å²) in [5.74, 6) is -0.286. The van der Waals surface area contributed by atoms with Crippen LogP contribution in [0.2, 0.25) is 4.34 Å². The standard InChI is InChI=1S/C19H18ClN3O4S2/c1-11-14(10-29(2,26)27)18(23-19(21-11)15-7-8-16(20)28-15)22-13-5-3-12(4-6-13)9-17(24)25/h3-8H,9-10H2,1-2H3,(H,24,25)(H,21,22,23). The van der Waals surface area contributed by atoms with Gasteiger partial charge in [0.1, 0.15) is 5.82 Å². The highest BCUT2D eigenvalue weighted by Gasteiger charge is 2.18. The second kappa shape index (κ2) is 8.48. The number of carboxylic acids is 1. The number of halogens is 1. The number of hydrogen-bond acceptors (Lipinski definition) is 7. The lowest BCUT2D eigenvalue weighted by molar-refractivity contribution is -0.136. The molecule has 2 aromatic heterocycles. The molecule has 0 saturated heterocycles. The normalized spacial score (nSPS) is 11.4. The molecule has 0 fully saturated rings. The number of carboxylic acid groups (broad SMARTS) is 1. The van der Waals surface area contributed by atoms with Gasteiger partial charge in [0.05, 0.1) is 21.4 Å². The van der Waals surface area contributed by atoms with E-state index in [0.29, 0.717) is 38.5 Å². The number of benzene rings is 1. The molecule has 152 valence electrons. The van der Waals surface area contributed by atoms with E-state index in [-0.39, 0.29) is 12.2 Å². The van der Waals surface area contributed by atoms with Crippen LogP contribution in [0.25, 0.3) is 10.7 Å². The van der Waals surface area contributed by atoms with Crippen molar-refractivity contribution in [2.75, 3.05) is 11.6 Å². The van der Waals surface area contributed by atoms with Crippen LogP contribution in [0, 0.1) is 6.92 Å². The van der Waals surface area contributed by atoms with E-state index < -0.39 is 15.8 Å². The molecule has 0 aliphatic rings. The fraction of sp³-hybridized carbons (Fsp3) is 0.211. The quantitative estimate of drug-likeness (QED) is 0.556. The maximum Gasteiger partial charge on any atom is 0.307 e. The fourth-order valence-electron chi connectivity index (χ4n) is 2.70. The van der Waals surface area contributed by atoms with Gasteiger partial charge in [-0.1, -0.05) is 23.7 Å². The van der Waals surface area contributed by atoms with Crippen molar-refractivity contribution in [3.63, 3.8) is 0 Å². The number of nitrogens with one attached hydrogen (secondary N) is 1. The molecule has 0 atom stereocenters. The van der Waals surface area contributed by atoms with Crippen LogP contribution in [0.4, 0.5) is 11.5 Å². The van der Waals surface area contributed by atoms with Crippen molar-refractivity contribution in [3.05, 3.63) is 57.6 Å². The summed E-state index contributed by atoms with van der Waals surface area (Å²) in [6, 6.07) is 10.4. The summed E-state index contributed by atoms with van der Waals surface area (Å²) in [5, 5.41) is 12.0. The smallest absolute Gasteiger partial charge is 0.307 e. The van der Waals surface area contributed by atoms with Gasteiger partial charge in [0, 0.05) is 23.2 Å². The van der Waals surface area contributed by atoms with Crippen LogP contribution in [-0.4, -0.2) is 35.7 Å². The second-order valence-corrected chi connectivity index (χ2v) is 10.4. The Morgan fingerprint density at radius 1 is 1.17 bits per heavy atom. The maximum absolute atomic E-state index is 11.9. The Morgan fingerprint density at radius 3 is 2.41 bits per heavy atom. The minimum absolute atomic E-state index is 0.0739. The Kier molecular flexibility index (Phi) is 6.21. The Bertz CT molecular complexity index is 1160. The van der Waals surface area contributed by atoms with Crippen LogP contribution in [0.15, 0.2) is 36.4 Å². The molecule has 3 rings (SSSR count). The third kappa shape index (κ3) is 5.75. The summed E-state index contributed by atoms with van der Waals surface area (Å²) in [6.07, 6.45) is 1.08. The molecule has 3 aromatic rings. The lowest BCUT2D eigenvalue weighted by atomic mass is 10.1. The second-order valence-electron chi connectivity index (χ2n) is 6.53. The van der Waals surface area contributed by atoms with Crippen molar-refractivity contribution in [2.45, 2.75) is 19.1 Å². The van der Waals surface area contributed by atoms with Crippen LogP contribution < -0.4 is 5.32 Å². The van der Waals surface area contributed by atoms with E-state index in [1.54, 1.807) is 37.3 Å². The molecule has 0 aliphatic heterocycles. The first kappa shape index (κ1) is 21.2. The van der Waals surface area contributed by atoms with Gasteiger partial charge in [0.2, 0.25) is 0 Å². The highest BCUT2D eigenvalue weighted by molar-refractivity contribution is 7.89. The first-order valence-corrected chi connectivity index (χ1v) is 11.7. The number of anilines is 2. The van der Waals surface area contributed by atoms with Gasteiger partial charge >= 0.3 is 5.97 Å². The third-order valence-corrected chi connectivity index (χ3v) is 6.03. The van der Waals surface area contributed by atoms with Gasteiger partial charge in [-0.25, -0.2) is 18.4 Å². The van der Waals surface area contributed by atoms with Crippen molar-refractivity contribution in [3.8, 4) is 10.7 Å². The maximum atomic E-state index is 11.9. The largest absolute Gasteiger partial charge is 0.481 e. The molecule has 0 unspecified atom stereocenters. The van der Waals surface area contributed by atoms with Crippen molar-refractivity contribution in [1.29, 1.82) is 0 Å². The predicted octanol–water partition coefficient (Wildman–Crippen LogP) is 4.08. The summed E-state index contributed by atoms with van der Waals surface area (Å²) < 4.78 is 24.4. The van der Waals surface area contributed by atoms with E-state index in [0.717, 1.165) is 11.1 Å². The van der Waals surface area contributed by atoms with Crippen LogP contribution in [0.1, 0.15) is 16.8 Å². The minimum atomic E-state index is -3.31. The predicted molar refractivity (Wildman–Crippen MR) is 115 cm³/mol. The van der Waals surface area contributed by atoms with E-state index in [1.165, 1.54) is 11.3 Å². The summed E-state index contributed by atoms with van der Waals surface area (Å²) in [4.78, 5) is 20.6. The monoisotopic (exact) mass is 451 g/mol. The van der Waals surface area contributed by atoms with E-state index in [9.17, 15) is 13.2 Å². The Hall–Kier alpha value is -2.49. The summed E-state index contributed by atoms with van der Waals surface area (Å²) in [6.45, 7) is 1.74. The molecule has 0 aliphatic carbocycles. The zero-order valence-corrected chi connectivity index (χ0v) is 18.0. The zero-order valence-electron chi connectivity index (χ0n) is 15.6. The number of hydrogen-bond donors (Lipinski definition) is 2. The first-order chi connectivity index (χ1) is 13.6. The van der Waals surface area contributed by atoms with E-state index in [2.05, 4.69) is 15.3 Å². The summed E-state index contributed by atoms with van der Waals surface area (Å²) in [5.41, 5.74) is 2.35. The van der Waals surface area contributed by atoms with E-state index in [4.69, 9.17) is 16.7 Å². The van der Waals surface area contributed by atoms with E-state index >= 15 is 0 Å². The van der Waals surface area contributed by atoms with Crippen molar-refractivity contribution >= 4 is 50.2 Å². The lowest BCUT2D eigenvalue weighted by Crippen LogP contribution is -2.10. The Labute approximate surface area is 177 Å². The molecule has 0 bridgehead atoms. The van der Waals surface area contributed by atoms with Gasteiger partial charge in [0.25, 0.3) is 0 Å². The molecule has 1 aromatic carbocycles. The number of sulfone groups is 1. The highest BCUT2D eigenvalue weighted by Crippen LogP contribution is 2.32. The Morgan fingerprint density at radius 2 is 1.86 bits per heavy atom. The topological polar surface area (TPSA) is 109 Å². The van der Waals surface area contributed by atoms with Crippen molar-refractivity contribution < 1.29 is 18.3 Å². The number of aliphatic carboxylic acids is 1. The molecule has 29 heavy (non-hydrogen) atoms. The van der Waals surface area contributed by atoms with Crippen LogP contribution in [0.3, 0.4) is 0 Å². The van der Waals surface area contributed by atoms with E-state index in [1.807, 2.05) is 6.07 Å². The van der Waals surface area contributed by atoms with Crippen LogP contribution in [-0.2, 0) is 26.8 Å². The molecule has 2 heterocycles. The SMILES string of the molecule is Cc1nc(-c2ccc(Cl)s2)nc(Nc2ccc(CC(=O)O)cc2)c1CS(C)(=O)=O.